The largest absolute Gasteiger partial charge is 0.481 e. The number of hydrogen-bond acceptors (Lipinski definition) is 4. The lowest BCUT2D eigenvalue weighted by molar-refractivity contribution is -0.118. The summed E-state index contributed by atoms with van der Waals surface area (Å²) in [7, 11) is 0. The molecule has 17 heavy (non-hydrogen) atoms. The van der Waals surface area contributed by atoms with Crippen molar-refractivity contribution in [3.63, 3.8) is 0 Å². The highest BCUT2D eigenvalue weighted by atomic mass is 16.5. The normalized spacial score (nSPS) is 12.8. The van der Waals surface area contributed by atoms with Gasteiger partial charge in [0.15, 0.2) is 18.1 Å². The molecule has 0 fully saturated rings. The first-order valence-corrected chi connectivity index (χ1v) is 4.82. The van der Waals surface area contributed by atoms with E-state index in [1.54, 1.807) is 18.2 Å². The van der Waals surface area contributed by atoms with Crippen LogP contribution in [0.4, 0.5) is 5.69 Å². The third-order valence-corrected chi connectivity index (χ3v) is 2.21. The number of ether oxygens (including phenoxy) is 1. The maximum atomic E-state index is 11.7. The van der Waals surface area contributed by atoms with E-state index in [1.807, 2.05) is 0 Å². The third-order valence-electron chi connectivity index (χ3n) is 2.21. The minimum Gasteiger partial charge on any atom is -0.481 e. The van der Waals surface area contributed by atoms with Crippen LogP contribution in [-0.4, -0.2) is 24.8 Å². The lowest BCUT2D eigenvalue weighted by Gasteiger charge is -2.19. The van der Waals surface area contributed by atoms with E-state index < -0.39 is 0 Å². The molecule has 0 saturated carbocycles. The van der Waals surface area contributed by atoms with Crippen LogP contribution in [0.1, 0.15) is 10.4 Å². The van der Waals surface area contributed by atoms with E-state index in [1.165, 1.54) is 0 Å². The number of Topliss-reactive ketones (excluding diaryl/α,β-unsaturated/α-hetero) is 1. The van der Waals surface area contributed by atoms with Gasteiger partial charge < -0.3 is 10.1 Å². The first kappa shape index (κ1) is 11.0. The molecule has 1 heterocycles. The summed E-state index contributed by atoms with van der Waals surface area (Å²) >= 11 is 0. The smallest absolute Gasteiger partial charge is 0.262 e. The lowest BCUT2D eigenvalue weighted by Crippen LogP contribution is -2.26. The van der Waals surface area contributed by atoms with Gasteiger partial charge in [0.2, 0.25) is 0 Å². The monoisotopic (exact) mass is 232 g/mol. The topological polar surface area (TPSA) is 104 Å². The van der Waals surface area contributed by atoms with Gasteiger partial charge in [0.05, 0.1) is 17.8 Å². The van der Waals surface area contributed by atoms with Crippen LogP contribution in [0.3, 0.4) is 0 Å². The Morgan fingerprint density at radius 1 is 1.59 bits per heavy atom. The summed E-state index contributed by atoms with van der Waals surface area (Å²) in [6, 6.07) is 4.82. The van der Waals surface area contributed by atoms with Gasteiger partial charge in [-0.25, -0.2) is 0 Å². The number of amides is 1. The van der Waals surface area contributed by atoms with E-state index in [9.17, 15) is 9.59 Å². The fraction of sp³-hybridized carbons (Fsp3) is 0.200. The van der Waals surface area contributed by atoms with Gasteiger partial charge in [0.1, 0.15) is 0 Å². The molecule has 0 atom stereocenters. The highest BCUT2D eigenvalue weighted by Crippen LogP contribution is 2.31. The Labute approximate surface area is 96.0 Å². The van der Waals surface area contributed by atoms with Gasteiger partial charge in [0, 0.05) is 4.91 Å². The molecule has 1 N–H and O–H groups in total. The zero-order chi connectivity index (χ0) is 12.3. The first-order chi connectivity index (χ1) is 8.22. The molecule has 0 aliphatic carbocycles. The predicted octanol–water partition coefficient (Wildman–Crippen LogP) is 1.51. The van der Waals surface area contributed by atoms with E-state index in [4.69, 9.17) is 10.3 Å². The summed E-state index contributed by atoms with van der Waals surface area (Å²) in [5, 5.41) is 5.79. The Kier molecular flexibility index (Phi) is 2.93. The van der Waals surface area contributed by atoms with Crippen molar-refractivity contribution in [2.75, 3.05) is 18.5 Å². The van der Waals surface area contributed by atoms with Crippen molar-refractivity contribution in [3.05, 3.63) is 34.2 Å². The number of benzene rings is 1. The number of para-hydroxylation sites is 1. The van der Waals surface area contributed by atoms with Crippen molar-refractivity contribution in [2.45, 2.75) is 0 Å². The molecule has 1 aromatic rings. The van der Waals surface area contributed by atoms with Gasteiger partial charge in [-0.1, -0.05) is 11.2 Å². The molecule has 0 spiro atoms. The van der Waals surface area contributed by atoms with E-state index in [0.717, 1.165) is 0 Å². The summed E-state index contributed by atoms with van der Waals surface area (Å²) in [4.78, 5) is 25.3. The molecule has 1 amide bonds. The van der Waals surface area contributed by atoms with Gasteiger partial charge >= 0.3 is 0 Å². The fourth-order valence-corrected chi connectivity index (χ4v) is 1.52. The van der Waals surface area contributed by atoms with Crippen LogP contribution < -0.4 is 10.1 Å². The quantitative estimate of drug-likeness (QED) is 0.369. The van der Waals surface area contributed by atoms with Gasteiger partial charge in [-0.2, -0.15) is 0 Å². The van der Waals surface area contributed by atoms with E-state index >= 15 is 0 Å². The molecule has 1 aromatic carbocycles. The van der Waals surface area contributed by atoms with Gasteiger partial charge in [-0.05, 0) is 17.7 Å². The highest BCUT2D eigenvalue weighted by Gasteiger charge is 2.21. The average molecular weight is 232 g/mol. The summed E-state index contributed by atoms with van der Waals surface area (Å²) in [6.07, 6.45) is 0. The summed E-state index contributed by atoms with van der Waals surface area (Å²) in [5.41, 5.74) is 8.91. The fourth-order valence-electron chi connectivity index (χ4n) is 1.52. The molecule has 2 rings (SSSR count). The van der Waals surface area contributed by atoms with Crippen molar-refractivity contribution in [2.24, 2.45) is 5.11 Å². The second kappa shape index (κ2) is 4.54. The maximum absolute atomic E-state index is 11.7. The Bertz CT molecular complexity index is 534. The van der Waals surface area contributed by atoms with Crippen LogP contribution in [0.5, 0.6) is 5.75 Å². The number of ketones is 1. The molecule has 0 unspecified atom stereocenters. The Morgan fingerprint density at radius 2 is 2.41 bits per heavy atom. The molecule has 1 aliphatic rings. The number of carbonyl (C=O) groups excluding carboxylic acids is 2. The van der Waals surface area contributed by atoms with Gasteiger partial charge in [0.25, 0.3) is 5.91 Å². The molecular weight excluding hydrogens is 224 g/mol. The van der Waals surface area contributed by atoms with Crippen molar-refractivity contribution in [3.8, 4) is 5.75 Å². The Balaban J connectivity index is 2.35. The lowest BCUT2D eigenvalue weighted by atomic mass is 10.1. The summed E-state index contributed by atoms with van der Waals surface area (Å²) in [6.45, 7) is -0.400. The molecule has 0 bridgehead atoms. The number of nitrogens with one attached hydrogen (secondary N) is 1. The number of anilines is 1. The van der Waals surface area contributed by atoms with E-state index in [-0.39, 0.29) is 24.8 Å². The van der Waals surface area contributed by atoms with E-state index in [0.29, 0.717) is 17.0 Å². The van der Waals surface area contributed by atoms with Crippen LogP contribution in [-0.2, 0) is 4.79 Å². The number of nitrogens with zero attached hydrogens (tertiary/aromatic N) is 3. The average Bonchev–Trinajstić information content (AvgIpc) is 2.34. The number of fused-ring (bicyclic) bond motifs is 1. The number of azide groups is 1. The molecule has 1 aliphatic heterocycles. The second-order valence-corrected chi connectivity index (χ2v) is 3.33. The molecular formula is C10H8N4O3. The number of carbonyl (C=O) groups is 2. The molecule has 7 nitrogen and oxygen atoms in total. The van der Waals surface area contributed by atoms with Gasteiger partial charge in [-0.3, -0.25) is 9.59 Å². The SMILES string of the molecule is [N-]=[N+]=NCC(=O)c1cccc2c1OCC(=O)N2. The number of hydrogen-bond donors (Lipinski definition) is 1. The zero-order valence-corrected chi connectivity index (χ0v) is 8.71. The highest BCUT2D eigenvalue weighted by molar-refractivity contribution is 6.04. The third kappa shape index (κ3) is 2.19. The van der Waals surface area contributed by atoms with Crippen LogP contribution >= 0.6 is 0 Å². The van der Waals surface area contributed by atoms with E-state index in [2.05, 4.69) is 15.3 Å². The van der Waals surface area contributed by atoms with Crippen molar-refractivity contribution in [1.29, 1.82) is 0 Å². The Morgan fingerprint density at radius 3 is 3.18 bits per heavy atom. The van der Waals surface area contributed by atoms with Crippen LogP contribution in [0, 0.1) is 0 Å². The van der Waals surface area contributed by atoms with Crippen molar-refractivity contribution >= 4 is 17.4 Å². The molecule has 0 aromatic heterocycles. The molecule has 86 valence electrons. The van der Waals surface area contributed by atoms with Crippen molar-refractivity contribution < 1.29 is 14.3 Å². The minimum atomic E-state index is -0.351. The number of rotatable bonds is 3. The standard InChI is InChI=1S/C10H8N4O3/c11-14-12-4-8(15)6-2-1-3-7-10(6)17-5-9(16)13-7/h1-3H,4-5H2,(H,13,16). The van der Waals surface area contributed by atoms with Crippen molar-refractivity contribution in [1.82, 2.24) is 0 Å². The molecule has 7 heteroatoms. The maximum Gasteiger partial charge on any atom is 0.262 e. The summed E-state index contributed by atoms with van der Waals surface area (Å²) in [5.74, 6) is -0.293. The molecule has 0 saturated heterocycles. The van der Waals surface area contributed by atoms with Crippen LogP contribution in [0.2, 0.25) is 0 Å². The van der Waals surface area contributed by atoms with Crippen LogP contribution in [0.15, 0.2) is 23.3 Å². The first-order valence-electron chi connectivity index (χ1n) is 4.82. The van der Waals surface area contributed by atoms with Crippen LogP contribution in [0.25, 0.3) is 10.4 Å². The second-order valence-electron chi connectivity index (χ2n) is 3.33. The Hall–Kier alpha value is -2.53. The predicted molar refractivity (Wildman–Crippen MR) is 58.9 cm³/mol. The molecule has 0 radical (unpaired) electrons. The zero-order valence-electron chi connectivity index (χ0n) is 8.71. The van der Waals surface area contributed by atoms with Gasteiger partial charge in [-0.15, -0.1) is 0 Å². The summed E-state index contributed by atoms with van der Waals surface area (Å²) < 4.78 is 5.20. The minimum absolute atomic E-state index is 0.126.